The molecule has 0 aromatic heterocycles. The van der Waals surface area contributed by atoms with Crippen molar-refractivity contribution in [3.05, 3.63) is 71.8 Å². The molecule has 10 heteroatoms. The second-order valence-corrected chi connectivity index (χ2v) is 8.11. The number of alkyl halides is 2. The summed E-state index contributed by atoms with van der Waals surface area (Å²) in [5, 5.41) is 4.02. The number of hydrogen-bond acceptors (Lipinski definition) is 6. The lowest BCUT2D eigenvalue weighted by molar-refractivity contribution is -0.162. The Hall–Kier alpha value is -3.82. The topological polar surface area (TPSA) is 111 Å². The highest BCUT2D eigenvalue weighted by Crippen LogP contribution is 2.21. The number of esters is 1. The fourth-order valence-corrected chi connectivity index (χ4v) is 3.17. The van der Waals surface area contributed by atoms with E-state index in [-0.39, 0.29) is 13.0 Å². The Labute approximate surface area is 202 Å². The number of nitrogens with one attached hydrogen (secondary N) is 2. The zero-order chi connectivity index (χ0) is 26.0. The summed E-state index contributed by atoms with van der Waals surface area (Å²) in [6.45, 7) is 2.73. The van der Waals surface area contributed by atoms with Gasteiger partial charge < -0.3 is 20.1 Å². The van der Waals surface area contributed by atoms with Gasteiger partial charge in [-0.3, -0.25) is 9.59 Å². The smallest absolute Gasteiger partial charge is 0.408 e. The number of halogens is 2. The van der Waals surface area contributed by atoms with Gasteiger partial charge in [-0.1, -0.05) is 74.5 Å². The number of alkyl carbamates (subject to hydrolysis) is 1. The van der Waals surface area contributed by atoms with Gasteiger partial charge >= 0.3 is 18.0 Å². The molecule has 0 fully saturated rings. The third-order valence-electron chi connectivity index (χ3n) is 5.10. The lowest BCUT2D eigenvalue weighted by atomic mass is 9.95. The first-order valence-corrected chi connectivity index (χ1v) is 10.9. The SMILES string of the molecule is COC(=O)[C@H](Cc1ccccc1)NC(=O)C(F)(F)C(=O)C(NC(=O)OCc1ccccc1)C(C)C. The highest BCUT2D eigenvalue weighted by atomic mass is 19.3. The second-order valence-electron chi connectivity index (χ2n) is 8.11. The van der Waals surface area contributed by atoms with Crippen molar-refractivity contribution in [2.75, 3.05) is 7.11 Å². The zero-order valence-electron chi connectivity index (χ0n) is 19.6. The molecule has 2 amide bonds. The van der Waals surface area contributed by atoms with E-state index >= 15 is 0 Å². The van der Waals surface area contributed by atoms with E-state index in [1.54, 1.807) is 60.7 Å². The quantitative estimate of drug-likeness (QED) is 0.370. The lowest BCUT2D eigenvalue weighted by Gasteiger charge is -2.26. The molecule has 8 nitrogen and oxygen atoms in total. The van der Waals surface area contributed by atoms with Crippen LogP contribution in [0.4, 0.5) is 13.6 Å². The summed E-state index contributed by atoms with van der Waals surface area (Å²) in [5.74, 6) is -10.1. The Kier molecular flexibility index (Phi) is 9.86. The number of Topliss-reactive ketones (excluding diaryl/α,β-unsaturated/α-hetero) is 1. The van der Waals surface area contributed by atoms with Crippen molar-refractivity contribution in [1.29, 1.82) is 0 Å². The summed E-state index contributed by atoms with van der Waals surface area (Å²) in [4.78, 5) is 49.3. The van der Waals surface area contributed by atoms with Crippen LogP contribution < -0.4 is 10.6 Å². The van der Waals surface area contributed by atoms with E-state index in [0.29, 0.717) is 11.1 Å². The van der Waals surface area contributed by atoms with Gasteiger partial charge in [-0.2, -0.15) is 8.78 Å². The summed E-state index contributed by atoms with van der Waals surface area (Å²) in [6, 6.07) is 13.8. The predicted molar refractivity (Wildman–Crippen MR) is 122 cm³/mol. The fourth-order valence-electron chi connectivity index (χ4n) is 3.17. The minimum atomic E-state index is -4.54. The molecule has 0 spiro atoms. The number of hydrogen-bond donors (Lipinski definition) is 2. The number of ketones is 1. The minimum absolute atomic E-state index is 0.124. The molecule has 2 aromatic rings. The molecule has 2 atom stereocenters. The highest BCUT2D eigenvalue weighted by molar-refractivity contribution is 6.11. The molecule has 2 N–H and O–H groups in total. The van der Waals surface area contributed by atoms with Gasteiger partial charge in [-0.05, 0) is 17.0 Å². The third kappa shape index (κ3) is 7.87. The molecule has 0 bridgehead atoms. The monoisotopic (exact) mass is 490 g/mol. The van der Waals surface area contributed by atoms with Gasteiger partial charge in [0, 0.05) is 6.42 Å². The molecule has 0 aliphatic heterocycles. The van der Waals surface area contributed by atoms with Gasteiger partial charge in [0.2, 0.25) is 5.78 Å². The molecule has 0 heterocycles. The van der Waals surface area contributed by atoms with Gasteiger partial charge in [0.05, 0.1) is 7.11 Å². The molecule has 0 saturated heterocycles. The largest absolute Gasteiger partial charge is 0.467 e. The number of carbonyl (C=O) groups excluding carboxylic acids is 4. The summed E-state index contributed by atoms with van der Waals surface area (Å²) < 4.78 is 39.4. The van der Waals surface area contributed by atoms with E-state index < -0.39 is 47.7 Å². The maximum Gasteiger partial charge on any atom is 0.408 e. The van der Waals surface area contributed by atoms with Crippen molar-refractivity contribution in [2.45, 2.75) is 44.9 Å². The van der Waals surface area contributed by atoms with E-state index in [0.717, 1.165) is 7.11 Å². The van der Waals surface area contributed by atoms with E-state index in [1.165, 1.54) is 13.8 Å². The van der Waals surface area contributed by atoms with Crippen molar-refractivity contribution in [2.24, 2.45) is 5.92 Å². The number of methoxy groups -OCH3 is 1. The first kappa shape index (κ1) is 27.4. The Morgan fingerprint density at radius 1 is 0.886 bits per heavy atom. The van der Waals surface area contributed by atoms with Gasteiger partial charge in [-0.15, -0.1) is 0 Å². The molecule has 0 saturated carbocycles. The van der Waals surface area contributed by atoms with Crippen LogP contribution in [0, 0.1) is 5.92 Å². The molecule has 0 radical (unpaired) electrons. The number of rotatable bonds is 11. The van der Waals surface area contributed by atoms with Gasteiger partial charge in [0.1, 0.15) is 18.7 Å². The standard InChI is InChI=1S/C25H28F2N2O6/c1-16(2)20(29-24(33)35-15-18-12-8-5-9-13-18)21(30)25(26,27)23(32)28-19(22(31)34-3)14-17-10-6-4-7-11-17/h4-13,16,19-20H,14-15H2,1-3H3,(H,28,32)(H,29,33)/t19-,20?/m0/s1. The number of carbonyl (C=O) groups is 4. The molecule has 2 aromatic carbocycles. The molecule has 35 heavy (non-hydrogen) atoms. The first-order chi connectivity index (χ1) is 16.6. The van der Waals surface area contributed by atoms with Crippen LogP contribution in [0.3, 0.4) is 0 Å². The molecular weight excluding hydrogens is 462 g/mol. The summed E-state index contributed by atoms with van der Waals surface area (Å²) >= 11 is 0. The van der Waals surface area contributed by atoms with E-state index in [4.69, 9.17) is 4.74 Å². The van der Waals surface area contributed by atoms with Crippen molar-refractivity contribution in [3.63, 3.8) is 0 Å². The van der Waals surface area contributed by atoms with Crippen molar-refractivity contribution in [1.82, 2.24) is 10.6 Å². The van der Waals surface area contributed by atoms with Crippen molar-refractivity contribution >= 4 is 23.8 Å². The van der Waals surface area contributed by atoms with Crippen LogP contribution in [0.1, 0.15) is 25.0 Å². The van der Waals surface area contributed by atoms with Crippen LogP contribution in [-0.4, -0.2) is 48.9 Å². The first-order valence-electron chi connectivity index (χ1n) is 10.9. The van der Waals surface area contributed by atoms with Gasteiger partial charge in [-0.25, -0.2) is 9.59 Å². The lowest BCUT2D eigenvalue weighted by Crippen LogP contribution is -2.58. The van der Waals surface area contributed by atoms with Crippen LogP contribution in [-0.2, 0) is 36.9 Å². The Morgan fingerprint density at radius 3 is 1.94 bits per heavy atom. The predicted octanol–water partition coefficient (Wildman–Crippen LogP) is 3.04. The maximum atomic E-state index is 14.9. The minimum Gasteiger partial charge on any atom is -0.467 e. The number of benzene rings is 2. The van der Waals surface area contributed by atoms with Gasteiger partial charge in [0.25, 0.3) is 5.91 Å². The molecule has 0 aliphatic carbocycles. The normalized spacial score (nSPS) is 12.9. The Balaban J connectivity index is 2.09. The third-order valence-corrected chi connectivity index (χ3v) is 5.10. The summed E-state index contributed by atoms with van der Waals surface area (Å²) in [5.41, 5.74) is 1.24. The highest BCUT2D eigenvalue weighted by Gasteiger charge is 2.52. The Bertz CT molecular complexity index is 1020. The zero-order valence-corrected chi connectivity index (χ0v) is 19.6. The summed E-state index contributed by atoms with van der Waals surface area (Å²) in [7, 11) is 1.05. The molecule has 188 valence electrons. The van der Waals surface area contributed by atoms with E-state index in [2.05, 4.69) is 10.1 Å². The number of ether oxygens (including phenoxy) is 2. The van der Waals surface area contributed by atoms with Crippen LogP contribution in [0.25, 0.3) is 0 Å². The van der Waals surface area contributed by atoms with Crippen LogP contribution in [0.15, 0.2) is 60.7 Å². The van der Waals surface area contributed by atoms with Crippen molar-refractivity contribution < 1.29 is 37.4 Å². The van der Waals surface area contributed by atoms with E-state index in [1.807, 2.05) is 5.32 Å². The molecule has 1 unspecified atom stereocenters. The summed E-state index contributed by atoms with van der Waals surface area (Å²) in [6.07, 6.45) is -1.21. The second kappa shape index (κ2) is 12.6. The van der Waals surface area contributed by atoms with Crippen LogP contribution >= 0.6 is 0 Å². The van der Waals surface area contributed by atoms with E-state index in [9.17, 15) is 28.0 Å². The van der Waals surface area contributed by atoms with Crippen LogP contribution in [0.5, 0.6) is 0 Å². The van der Waals surface area contributed by atoms with Crippen LogP contribution in [0.2, 0.25) is 0 Å². The molecule has 0 aliphatic rings. The molecular formula is C25H28F2N2O6. The Morgan fingerprint density at radius 2 is 1.43 bits per heavy atom. The van der Waals surface area contributed by atoms with Crippen molar-refractivity contribution in [3.8, 4) is 0 Å². The molecule has 2 rings (SSSR count). The maximum absolute atomic E-state index is 14.9. The average molecular weight is 491 g/mol. The average Bonchev–Trinajstić information content (AvgIpc) is 2.85. The number of amides is 2. The fraction of sp³-hybridized carbons (Fsp3) is 0.360. The van der Waals surface area contributed by atoms with Gasteiger partial charge in [0.15, 0.2) is 0 Å².